The van der Waals surface area contributed by atoms with E-state index in [1.165, 1.54) is 120 Å². The van der Waals surface area contributed by atoms with Gasteiger partial charge in [-0.15, -0.1) is 0 Å². The molecule has 5 aromatic heterocycles. The van der Waals surface area contributed by atoms with E-state index in [9.17, 15) is 61.5 Å². The van der Waals surface area contributed by atoms with Gasteiger partial charge in [0.2, 0.25) is 0 Å². The van der Waals surface area contributed by atoms with E-state index in [-0.39, 0.29) is 28.1 Å². The van der Waals surface area contributed by atoms with Gasteiger partial charge in [0.15, 0.2) is 5.69 Å². The van der Waals surface area contributed by atoms with Crippen LogP contribution in [-0.4, -0.2) is 29.9 Å². The topological polar surface area (TPSA) is 77.3 Å². The van der Waals surface area contributed by atoms with Crippen LogP contribution in [0.5, 0.6) is 0 Å². The maximum atomic E-state index is 12.3. The molecular weight excluding hydrogens is 1570 g/mol. The summed E-state index contributed by atoms with van der Waals surface area (Å²) < 4.78 is 172. The molecule has 93 heavy (non-hydrogen) atoms. The van der Waals surface area contributed by atoms with Gasteiger partial charge in [0.1, 0.15) is 26.2 Å². The zero-order valence-electron chi connectivity index (χ0n) is 51.4. The molecule has 0 atom stereocenters. The van der Waals surface area contributed by atoms with Gasteiger partial charge in [-0.05, 0) is 220 Å². The van der Waals surface area contributed by atoms with Crippen LogP contribution in [0.15, 0.2) is 205 Å². The van der Waals surface area contributed by atoms with Crippen LogP contribution in [0.25, 0.3) is 0 Å². The van der Waals surface area contributed by atoms with Crippen molar-refractivity contribution in [2.45, 2.75) is 93.9 Å². The second-order valence-electron chi connectivity index (χ2n) is 18.9. The van der Waals surface area contributed by atoms with Gasteiger partial charge in [0, 0.05) is 61.5 Å². The Morgan fingerprint density at radius 2 is 0.731 bits per heavy atom. The molecule has 0 saturated heterocycles. The van der Waals surface area contributed by atoms with Crippen LogP contribution in [-0.2, 0) is 24.7 Å². The number of benzene rings is 5. The fraction of sp³-hybridized carbons (Fsp3) is 0.206. The van der Waals surface area contributed by atoms with Crippen LogP contribution in [0, 0.1) is 88.1 Å². The van der Waals surface area contributed by atoms with Crippen molar-refractivity contribution >= 4 is 84.3 Å². The summed E-state index contributed by atoms with van der Waals surface area (Å²) in [7, 11) is 0. The van der Waals surface area contributed by atoms with Crippen molar-refractivity contribution in [1.29, 1.82) is 0 Å². The third-order valence-corrected chi connectivity index (χ3v) is 15.6. The van der Waals surface area contributed by atoms with E-state index in [1.807, 2.05) is 74.5 Å². The Labute approximate surface area is 578 Å². The van der Waals surface area contributed by atoms with Crippen molar-refractivity contribution in [3.63, 3.8) is 0 Å². The van der Waals surface area contributed by atoms with Crippen molar-refractivity contribution in [2.75, 3.05) is 0 Å². The number of rotatable bonds is 0. The number of alkyl halides is 12. The first-order chi connectivity index (χ1) is 43.3. The second kappa shape index (κ2) is 42.6. The molecule has 25 heteroatoms. The molecule has 0 aliphatic carbocycles. The maximum Gasteiger partial charge on any atom is 0.435 e. The SMILES string of the molecule is Cc1c(F)cccc1F.Cc1ccccc1Br.Cc1ccccc1C(F)(F)F.Cc1ccccc1Cl.Cc1ccccc1I.Cc1cccnc1C(F)(F)F.Cc1cccnc1Cl.Cc1cccnc1I.Cc1ncccc1C(F)(F)F.Cc1nccnc1C(F)(F)F. The minimum atomic E-state index is -4.39. The molecule has 0 radical (unpaired) electrons. The molecule has 0 aliphatic rings. The molecule has 0 amide bonds. The molecule has 0 bridgehead atoms. The van der Waals surface area contributed by atoms with Crippen LogP contribution < -0.4 is 0 Å². The Hall–Kier alpha value is -6.68. The minimum Gasteiger partial charge on any atom is -0.261 e. The Kier molecular flexibility index (Phi) is 38.6. The van der Waals surface area contributed by atoms with Crippen molar-refractivity contribution in [1.82, 2.24) is 29.9 Å². The zero-order valence-corrected chi connectivity index (χ0v) is 58.8. The molecule has 10 aromatic rings. The summed E-state index contributed by atoms with van der Waals surface area (Å²) in [5.74, 6) is -0.981. The first-order valence-corrected chi connectivity index (χ1v) is 30.6. The lowest BCUT2D eigenvalue weighted by Gasteiger charge is -2.08. The number of hydrogen-bond donors (Lipinski definition) is 0. The molecular formula is C68H63BrCl2F14I2N6. The average Bonchev–Trinajstić information content (AvgIpc) is 1.04. The molecule has 0 spiro atoms. The van der Waals surface area contributed by atoms with Gasteiger partial charge < -0.3 is 0 Å². The third-order valence-electron chi connectivity index (χ3n) is 11.5. The van der Waals surface area contributed by atoms with E-state index in [0.29, 0.717) is 5.15 Å². The highest BCUT2D eigenvalue weighted by molar-refractivity contribution is 14.1. The van der Waals surface area contributed by atoms with E-state index >= 15 is 0 Å². The molecule has 0 aliphatic heterocycles. The molecule has 498 valence electrons. The van der Waals surface area contributed by atoms with Crippen molar-refractivity contribution in [2.24, 2.45) is 0 Å². The highest BCUT2D eigenvalue weighted by Crippen LogP contribution is 2.33. The quantitative estimate of drug-likeness (QED) is 0.0855. The maximum absolute atomic E-state index is 12.3. The largest absolute Gasteiger partial charge is 0.435 e. The van der Waals surface area contributed by atoms with Crippen LogP contribution in [0.3, 0.4) is 0 Å². The lowest BCUT2D eigenvalue weighted by atomic mass is 10.1. The van der Waals surface area contributed by atoms with Crippen molar-refractivity contribution in [3.8, 4) is 0 Å². The Balaban J connectivity index is 0.000000518. The molecule has 5 aromatic carbocycles. The number of pyridine rings is 4. The normalized spacial score (nSPS) is 10.4. The minimum absolute atomic E-state index is 0.0139. The summed E-state index contributed by atoms with van der Waals surface area (Å²) in [5, 5.41) is 1.43. The van der Waals surface area contributed by atoms with Crippen molar-refractivity contribution in [3.05, 3.63) is 313 Å². The summed E-state index contributed by atoms with van der Waals surface area (Å²) >= 11 is 19.2. The molecule has 0 unspecified atom stereocenters. The van der Waals surface area contributed by atoms with Crippen molar-refractivity contribution < 1.29 is 61.5 Å². The lowest BCUT2D eigenvalue weighted by molar-refractivity contribution is -0.142. The van der Waals surface area contributed by atoms with Gasteiger partial charge in [0.25, 0.3) is 0 Å². The summed E-state index contributed by atoms with van der Waals surface area (Å²) in [4.78, 5) is 21.3. The van der Waals surface area contributed by atoms with Crippen LogP contribution >= 0.6 is 84.3 Å². The van der Waals surface area contributed by atoms with Gasteiger partial charge >= 0.3 is 24.7 Å². The predicted octanol–water partition coefficient (Wildman–Crippen LogP) is 24.0. The number of nitrogens with zero attached hydrogens (tertiary/aromatic N) is 6. The smallest absolute Gasteiger partial charge is 0.261 e. The highest BCUT2D eigenvalue weighted by atomic mass is 127. The molecule has 0 fully saturated rings. The van der Waals surface area contributed by atoms with E-state index in [2.05, 4.69) is 148 Å². The summed E-state index contributed by atoms with van der Waals surface area (Å²) in [5.41, 5.74) is 3.51. The van der Waals surface area contributed by atoms with Gasteiger partial charge in [-0.3, -0.25) is 19.9 Å². The predicted molar refractivity (Wildman–Crippen MR) is 362 cm³/mol. The Bertz CT molecular complexity index is 3200. The lowest BCUT2D eigenvalue weighted by Crippen LogP contribution is -2.10. The summed E-state index contributed by atoms with van der Waals surface area (Å²) in [6.45, 7) is 17.0. The summed E-state index contributed by atoms with van der Waals surface area (Å²) in [6, 6.07) is 46.5. The molecule has 0 saturated carbocycles. The van der Waals surface area contributed by atoms with Gasteiger partial charge in [-0.25, -0.2) is 18.7 Å². The van der Waals surface area contributed by atoms with Gasteiger partial charge in [-0.2, -0.15) is 52.7 Å². The van der Waals surface area contributed by atoms with E-state index in [0.717, 1.165) is 44.4 Å². The first-order valence-electron chi connectivity index (χ1n) is 26.9. The Morgan fingerprint density at radius 1 is 0.333 bits per heavy atom. The molecule has 10 rings (SSSR count). The highest BCUT2D eigenvalue weighted by Gasteiger charge is 2.35. The Morgan fingerprint density at radius 3 is 1.04 bits per heavy atom. The number of aromatic nitrogens is 6. The van der Waals surface area contributed by atoms with Gasteiger partial charge in [-0.1, -0.05) is 136 Å². The summed E-state index contributed by atoms with van der Waals surface area (Å²) in [6.07, 6.45) is -9.02. The van der Waals surface area contributed by atoms with Gasteiger partial charge in [0.05, 0.1) is 16.8 Å². The van der Waals surface area contributed by atoms with Crippen LogP contribution in [0.1, 0.15) is 78.4 Å². The molecule has 6 nitrogen and oxygen atoms in total. The first kappa shape index (κ1) is 84.3. The second-order valence-corrected chi connectivity index (χ2v) is 22.7. The van der Waals surface area contributed by atoms with Crippen LogP contribution in [0.2, 0.25) is 10.2 Å². The number of hydrogen-bond acceptors (Lipinski definition) is 6. The van der Waals surface area contributed by atoms with E-state index in [4.69, 9.17) is 23.2 Å². The number of aryl methyl sites for hydroxylation is 9. The molecule has 5 heterocycles. The number of halogens is 19. The van der Waals surface area contributed by atoms with Crippen LogP contribution in [0.4, 0.5) is 61.5 Å². The standard InChI is InChI=1S/C8H7F3.C7H7Br.C7H7Cl.2C7H6F3N.C7H6F2.C7H7I.C6H6ClN.C6H5F3N2.C6H6IN/c1-6-4-2-3-5-7(6)8(9,10)11;2*1-6-4-2-3-5-7(6)8;1-5-6(7(8,9)10)3-2-4-11-5;1-5-3-2-4-11-6(5)7(8,9)10;1-5-6(8)3-2-4-7(5)9;1-6-4-2-3-5-7(6)8;1-5-3-2-4-8-6(5)7;1-4-5(6(7,8)9)11-3-2-10-4;1-5-3-2-4-8-6(5)7/h2-5H,1H3;2*2-5H,1H3;2*2-4H,1H3;2-4H,1H3;2-5H,1H3;2-4H,1H3;2-3H,1H3;2-4H,1H3. The fourth-order valence-electron chi connectivity index (χ4n) is 6.31. The fourth-order valence-corrected chi connectivity index (χ4v) is 7.58. The van der Waals surface area contributed by atoms with E-state index in [1.54, 1.807) is 18.5 Å². The zero-order chi connectivity index (χ0) is 70.7. The average molecular weight is 1630 g/mol. The molecule has 0 N–H and O–H groups in total. The monoisotopic (exact) mass is 1630 g/mol. The third kappa shape index (κ3) is 34.9. The van der Waals surface area contributed by atoms with E-state index < -0.39 is 58.9 Å².